The molecule has 313 valence electrons. The Bertz CT molecular complexity index is 3960. The topological polar surface area (TPSA) is 30.2 Å². The van der Waals surface area contributed by atoms with Gasteiger partial charge < -0.3 is 9.38 Å². The van der Waals surface area contributed by atoms with E-state index in [4.69, 9.17) is 4.98 Å². The van der Waals surface area contributed by atoms with E-state index >= 15 is 0 Å². The molecule has 0 aliphatic carbocycles. The van der Waals surface area contributed by atoms with E-state index in [-0.39, 0.29) is 25.5 Å². The number of rotatable bonds is 2. The van der Waals surface area contributed by atoms with E-state index in [2.05, 4.69) is 188 Å². The summed E-state index contributed by atoms with van der Waals surface area (Å²) in [5.41, 5.74) is 7.71. The number of hydrogen-bond acceptors (Lipinski definition) is 3. The van der Waals surface area contributed by atoms with Crippen molar-refractivity contribution in [2.24, 2.45) is 0 Å². The van der Waals surface area contributed by atoms with Crippen molar-refractivity contribution in [3.63, 3.8) is 0 Å². The molecule has 0 aliphatic rings. The Morgan fingerprint density at radius 2 is 1.18 bits per heavy atom. The zero-order valence-corrected chi connectivity index (χ0v) is 39.3. The minimum atomic E-state index is 0. The van der Waals surface area contributed by atoms with Crippen molar-refractivity contribution in [1.29, 1.82) is 0 Å². The summed E-state index contributed by atoms with van der Waals surface area (Å²) >= 11 is 1.85. The fraction of sp³-hybridized carbons (Fsp3) is 0.0667. The normalized spacial score (nSPS) is 11.8. The summed E-state index contributed by atoms with van der Waals surface area (Å²) in [6.45, 7) is 6.84. The standard InChI is InChI=1S/C49H33N2S.C11H8N.Ir/c1-49(2,3)31-24-25-32-29(26-31)22-23-30-27-42-39-18-10-19-40(47(39)52-45(42)28-41(30)32)48-50-43-20-11-17-38-36-15-7-5-13-34(36)33-12-4-6-14-35(33)37-16-8-9-21-44(37)51(48)46(38)43;1-2-6-10(7-3-1)11-8-4-5-9-12-11;/h4-18,20-28H,1-3H3;1-6,8-9H;/q2*-1;. The monoisotopic (exact) mass is 1030 g/mol. The molecule has 0 saturated carbocycles. The third-order valence-corrected chi connectivity index (χ3v) is 13.9. The number of para-hydroxylation sites is 2. The molecule has 1 radical (unpaired) electrons. The third kappa shape index (κ3) is 6.90. The molecule has 4 heterocycles. The molecule has 0 aliphatic heterocycles. The van der Waals surface area contributed by atoms with Crippen LogP contribution in [0.3, 0.4) is 0 Å². The molecule has 13 aromatic rings. The van der Waals surface area contributed by atoms with Crippen LogP contribution in [0, 0.1) is 12.1 Å². The number of aromatic nitrogens is 3. The van der Waals surface area contributed by atoms with E-state index < -0.39 is 0 Å². The minimum Gasteiger partial charge on any atom is -0.332 e. The third-order valence-electron chi connectivity index (χ3n) is 12.7. The average molecular weight is 1030 g/mol. The molecule has 9 aromatic carbocycles. The molecule has 0 N–H and O–H groups in total. The number of thiophene rings is 1. The molecular weight excluding hydrogens is 987 g/mol. The maximum atomic E-state index is 5.48. The molecule has 0 bridgehead atoms. The quantitative estimate of drug-likeness (QED) is 0.128. The van der Waals surface area contributed by atoms with Crippen LogP contribution in [-0.2, 0) is 25.5 Å². The van der Waals surface area contributed by atoms with E-state index in [0.29, 0.717) is 0 Å². The van der Waals surface area contributed by atoms with Crippen molar-refractivity contribution < 1.29 is 20.1 Å². The number of imidazole rings is 1. The molecule has 0 unspecified atom stereocenters. The fourth-order valence-electron chi connectivity index (χ4n) is 9.56. The molecule has 0 fully saturated rings. The van der Waals surface area contributed by atoms with Crippen molar-refractivity contribution in [3.8, 4) is 22.6 Å². The van der Waals surface area contributed by atoms with Gasteiger partial charge >= 0.3 is 0 Å². The zero-order valence-electron chi connectivity index (χ0n) is 36.1. The average Bonchev–Trinajstić information content (AvgIpc) is 3.93. The van der Waals surface area contributed by atoms with Gasteiger partial charge in [-0.25, -0.2) is 0 Å². The van der Waals surface area contributed by atoms with Gasteiger partial charge in [-0.3, -0.25) is 4.98 Å². The summed E-state index contributed by atoms with van der Waals surface area (Å²) in [7, 11) is 0. The molecule has 4 aromatic heterocycles. The second-order valence-electron chi connectivity index (χ2n) is 17.6. The first-order valence-corrected chi connectivity index (χ1v) is 22.6. The number of benzene rings is 9. The van der Waals surface area contributed by atoms with Gasteiger partial charge in [-0.2, -0.15) is 11.3 Å². The molecule has 65 heavy (non-hydrogen) atoms. The Labute approximate surface area is 394 Å². The van der Waals surface area contributed by atoms with Crippen LogP contribution in [0.2, 0.25) is 0 Å². The summed E-state index contributed by atoms with van der Waals surface area (Å²) in [6, 6.07) is 74.2. The summed E-state index contributed by atoms with van der Waals surface area (Å²) in [5, 5.41) is 14.9. The molecule has 0 amide bonds. The summed E-state index contributed by atoms with van der Waals surface area (Å²) in [4.78, 5) is 9.70. The van der Waals surface area contributed by atoms with Gasteiger partial charge in [-0.05, 0) is 100 Å². The van der Waals surface area contributed by atoms with Crippen LogP contribution in [0.1, 0.15) is 26.3 Å². The Morgan fingerprint density at radius 3 is 1.91 bits per heavy atom. The maximum Gasteiger partial charge on any atom is 0.0780 e. The Balaban J connectivity index is 0.000000313. The predicted molar refractivity (Wildman–Crippen MR) is 273 cm³/mol. The molecule has 0 atom stereocenters. The summed E-state index contributed by atoms with van der Waals surface area (Å²) in [5.74, 6) is 0.911. The molecule has 13 rings (SSSR count). The van der Waals surface area contributed by atoms with Crippen LogP contribution >= 0.6 is 11.3 Å². The molecule has 0 spiro atoms. The summed E-state index contributed by atoms with van der Waals surface area (Å²) < 4.78 is 4.89. The van der Waals surface area contributed by atoms with Gasteiger partial charge in [0.05, 0.1) is 16.9 Å². The van der Waals surface area contributed by atoms with E-state index in [1.54, 1.807) is 6.20 Å². The van der Waals surface area contributed by atoms with Gasteiger partial charge in [0.1, 0.15) is 0 Å². The van der Waals surface area contributed by atoms with E-state index in [1.807, 2.05) is 53.8 Å². The van der Waals surface area contributed by atoms with Crippen LogP contribution in [0.15, 0.2) is 194 Å². The Morgan fingerprint density at radius 1 is 0.508 bits per heavy atom. The van der Waals surface area contributed by atoms with Crippen molar-refractivity contribution >= 4 is 102 Å². The van der Waals surface area contributed by atoms with Gasteiger partial charge in [-0.15, -0.1) is 54.1 Å². The van der Waals surface area contributed by atoms with Crippen LogP contribution in [0.5, 0.6) is 0 Å². The number of pyridine rings is 1. The predicted octanol–water partition coefficient (Wildman–Crippen LogP) is 16.5. The first-order valence-electron chi connectivity index (χ1n) is 21.8. The fourth-order valence-corrected chi connectivity index (χ4v) is 10.8. The van der Waals surface area contributed by atoms with E-state index in [0.717, 1.165) is 39.2 Å². The van der Waals surface area contributed by atoms with Crippen LogP contribution < -0.4 is 0 Å². The van der Waals surface area contributed by atoms with Crippen LogP contribution in [0.25, 0.3) is 113 Å². The van der Waals surface area contributed by atoms with Crippen molar-refractivity contribution in [1.82, 2.24) is 14.4 Å². The van der Waals surface area contributed by atoms with Gasteiger partial charge in [0.25, 0.3) is 0 Å². The minimum absolute atomic E-state index is 0. The Kier molecular flexibility index (Phi) is 10.2. The summed E-state index contributed by atoms with van der Waals surface area (Å²) in [6.07, 6.45) is 1.79. The largest absolute Gasteiger partial charge is 0.332 e. The van der Waals surface area contributed by atoms with E-state index in [1.165, 1.54) is 79.6 Å². The first kappa shape index (κ1) is 40.7. The molecule has 5 heteroatoms. The molecule has 3 nitrogen and oxygen atoms in total. The maximum absolute atomic E-state index is 5.48. The Hall–Kier alpha value is -7.01. The van der Waals surface area contributed by atoms with Gasteiger partial charge in [-0.1, -0.05) is 153 Å². The smallest absolute Gasteiger partial charge is 0.0780 e. The van der Waals surface area contributed by atoms with Crippen molar-refractivity contribution in [2.45, 2.75) is 26.2 Å². The number of hydrogen-bond donors (Lipinski definition) is 0. The van der Waals surface area contributed by atoms with Crippen molar-refractivity contribution in [2.75, 3.05) is 0 Å². The second-order valence-corrected chi connectivity index (χ2v) is 18.6. The SMILES string of the molecule is CC(C)(C)c1ccc2c(ccc3cc4c(cc32)sc2c(-c3nc5cccc6c7ccccc7c7ccccc7c7ccccc7n3c56)[c-]ccc24)c1.[Ir].[c-]1ccccc1-c1ccccn1. The van der Waals surface area contributed by atoms with Crippen LogP contribution in [-0.4, -0.2) is 14.4 Å². The molecule has 0 saturated heterocycles. The van der Waals surface area contributed by atoms with Gasteiger partial charge in [0.2, 0.25) is 0 Å². The first-order chi connectivity index (χ1) is 31.4. The van der Waals surface area contributed by atoms with Gasteiger partial charge in [0.15, 0.2) is 0 Å². The second kappa shape index (κ2) is 16.2. The number of nitrogens with zero attached hydrogens (tertiary/aromatic N) is 3. The zero-order chi connectivity index (χ0) is 42.9. The molecular formula is C60H41IrN3S-2. The van der Waals surface area contributed by atoms with E-state index in [9.17, 15) is 0 Å². The van der Waals surface area contributed by atoms with Gasteiger partial charge in [0, 0.05) is 47.3 Å². The van der Waals surface area contributed by atoms with Crippen molar-refractivity contribution in [3.05, 3.63) is 212 Å². The van der Waals surface area contributed by atoms with Crippen LogP contribution in [0.4, 0.5) is 0 Å². The number of fused-ring (bicyclic) bond motifs is 13.